The first kappa shape index (κ1) is 20.0. The number of carbonyl (C=O) groups is 2. The van der Waals surface area contributed by atoms with Crippen molar-refractivity contribution >= 4 is 33.5 Å². The van der Waals surface area contributed by atoms with Crippen LogP contribution in [0.15, 0.2) is 46.9 Å². The summed E-state index contributed by atoms with van der Waals surface area (Å²) >= 11 is 3.35. The summed E-state index contributed by atoms with van der Waals surface area (Å²) in [5.74, 6) is -0.164. The number of aryl methyl sites for hydroxylation is 2. The SMILES string of the molecule is CCc1cccc(C)c1NC(=O)COC(=O)CCOc1cccc(Br)c1. The van der Waals surface area contributed by atoms with Gasteiger partial charge in [0, 0.05) is 10.2 Å². The number of rotatable bonds is 8. The molecule has 2 aromatic rings. The molecule has 138 valence electrons. The lowest BCUT2D eigenvalue weighted by atomic mass is 10.1. The van der Waals surface area contributed by atoms with Crippen molar-refractivity contribution in [2.45, 2.75) is 26.7 Å². The molecular weight excluding hydrogens is 398 g/mol. The van der Waals surface area contributed by atoms with E-state index < -0.39 is 5.97 Å². The van der Waals surface area contributed by atoms with Gasteiger partial charge < -0.3 is 14.8 Å². The monoisotopic (exact) mass is 419 g/mol. The van der Waals surface area contributed by atoms with E-state index >= 15 is 0 Å². The van der Waals surface area contributed by atoms with Gasteiger partial charge in [0.2, 0.25) is 0 Å². The van der Waals surface area contributed by atoms with E-state index in [1.807, 2.05) is 50.2 Å². The first-order valence-corrected chi connectivity index (χ1v) is 9.21. The second kappa shape index (κ2) is 9.97. The highest BCUT2D eigenvalue weighted by molar-refractivity contribution is 9.10. The summed E-state index contributed by atoms with van der Waals surface area (Å²) in [6.07, 6.45) is 0.883. The van der Waals surface area contributed by atoms with Gasteiger partial charge in [-0.05, 0) is 42.7 Å². The van der Waals surface area contributed by atoms with Crippen molar-refractivity contribution < 1.29 is 19.1 Å². The van der Waals surface area contributed by atoms with Crippen LogP contribution in [0.1, 0.15) is 24.5 Å². The van der Waals surface area contributed by atoms with Crippen molar-refractivity contribution in [2.24, 2.45) is 0 Å². The smallest absolute Gasteiger partial charge is 0.309 e. The van der Waals surface area contributed by atoms with Crippen LogP contribution in [0.4, 0.5) is 5.69 Å². The molecule has 2 aromatic carbocycles. The number of amides is 1. The maximum Gasteiger partial charge on any atom is 0.309 e. The van der Waals surface area contributed by atoms with Gasteiger partial charge in [-0.25, -0.2) is 0 Å². The van der Waals surface area contributed by atoms with E-state index in [-0.39, 0.29) is 25.5 Å². The van der Waals surface area contributed by atoms with Crippen LogP contribution in [0.25, 0.3) is 0 Å². The number of anilines is 1. The number of halogens is 1. The molecule has 6 heteroatoms. The lowest BCUT2D eigenvalue weighted by molar-refractivity contribution is -0.147. The summed E-state index contributed by atoms with van der Waals surface area (Å²) in [4.78, 5) is 23.8. The molecule has 1 amide bonds. The molecule has 0 aliphatic heterocycles. The first-order valence-electron chi connectivity index (χ1n) is 8.42. The number of hydrogen-bond acceptors (Lipinski definition) is 4. The summed E-state index contributed by atoms with van der Waals surface area (Å²) in [6.45, 7) is 3.83. The molecule has 0 aliphatic carbocycles. The average molecular weight is 420 g/mol. The zero-order valence-electron chi connectivity index (χ0n) is 14.9. The van der Waals surface area contributed by atoms with Crippen molar-refractivity contribution in [3.05, 3.63) is 58.1 Å². The Balaban J connectivity index is 1.74. The van der Waals surface area contributed by atoms with E-state index in [1.165, 1.54) is 0 Å². The second-order valence-electron chi connectivity index (χ2n) is 5.73. The molecule has 1 N–H and O–H groups in total. The molecule has 26 heavy (non-hydrogen) atoms. The largest absolute Gasteiger partial charge is 0.493 e. The highest BCUT2D eigenvalue weighted by atomic mass is 79.9. The van der Waals surface area contributed by atoms with E-state index in [4.69, 9.17) is 9.47 Å². The molecule has 0 atom stereocenters. The Morgan fingerprint density at radius 1 is 1.15 bits per heavy atom. The molecule has 0 saturated carbocycles. The highest BCUT2D eigenvalue weighted by Gasteiger charge is 2.11. The maximum atomic E-state index is 12.0. The fourth-order valence-corrected chi connectivity index (χ4v) is 2.78. The van der Waals surface area contributed by atoms with Crippen LogP contribution in [0.3, 0.4) is 0 Å². The molecule has 0 bridgehead atoms. The molecular formula is C20H22BrNO4. The summed E-state index contributed by atoms with van der Waals surface area (Å²) in [7, 11) is 0. The molecule has 0 unspecified atom stereocenters. The van der Waals surface area contributed by atoms with Gasteiger partial charge in [-0.3, -0.25) is 9.59 Å². The molecule has 2 rings (SSSR count). The van der Waals surface area contributed by atoms with Crippen molar-refractivity contribution in [1.29, 1.82) is 0 Å². The number of carbonyl (C=O) groups excluding carboxylic acids is 2. The Morgan fingerprint density at radius 3 is 2.65 bits per heavy atom. The van der Waals surface area contributed by atoms with Gasteiger partial charge in [-0.2, -0.15) is 0 Å². The predicted octanol–water partition coefficient (Wildman–Crippen LogP) is 4.27. The minimum Gasteiger partial charge on any atom is -0.493 e. The van der Waals surface area contributed by atoms with Crippen LogP contribution in [-0.2, 0) is 20.7 Å². The summed E-state index contributed by atoms with van der Waals surface area (Å²) in [6, 6.07) is 13.2. The zero-order valence-corrected chi connectivity index (χ0v) is 16.5. The minimum atomic E-state index is -0.476. The van der Waals surface area contributed by atoms with Crippen molar-refractivity contribution in [2.75, 3.05) is 18.5 Å². The third-order valence-electron chi connectivity index (χ3n) is 3.74. The number of benzene rings is 2. The van der Waals surface area contributed by atoms with E-state index in [2.05, 4.69) is 21.2 Å². The fraction of sp³-hybridized carbons (Fsp3) is 0.300. The molecule has 0 radical (unpaired) electrons. The van der Waals surface area contributed by atoms with Gasteiger partial charge >= 0.3 is 5.97 Å². The van der Waals surface area contributed by atoms with Crippen molar-refractivity contribution in [3.63, 3.8) is 0 Å². The number of esters is 1. The molecule has 0 fully saturated rings. The summed E-state index contributed by atoms with van der Waals surface area (Å²) in [5.41, 5.74) is 2.81. The third kappa shape index (κ3) is 6.19. The van der Waals surface area contributed by atoms with Gasteiger partial charge in [-0.15, -0.1) is 0 Å². The Bertz CT molecular complexity index is 776. The van der Waals surface area contributed by atoms with E-state index in [1.54, 1.807) is 6.07 Å². The van der Waals surface area contributed by atoms with E-state index in [0.717, 1.165) is 27.7 Å². The topological polar surface area (TPSA) is 64.6 Å². The summed E-state index contributed by atoms with van der Waals surface area (Å²) < 4.78 is 11.4. The maximum absolute atomic E-state index is 12.0. The van der Waals surface area contributed by atoms with Crippen LogP contribution in [-0.4, -0.2) is 25.1 Å². The number of para-hydroxylation sites is 1. The number of ether oxygens (including phenoxy) is 2. The van der Waals surface area contributed by atoms with Gasteiger partial charge in [0.15, 0.2) is 6.61 Å². The van der Waals surface area contributed by atoms with Gasteiger partial charge in [0.1, 0.15) is 5.75 Å². The fourth-order valence-electron chi connectivity index (χ4n) is 2.40. The lowest BCUT2D eigenvalue weighted by Gasteiger charge is -2.13. The van der Waals surface area contributed by atoms with Crippen LogP contribution >= 0.6 is 15.9 Å². The van der Waals surface area contributed by atoms with Gasteiger partial charge in [0.25, 0.3) is 5.91 Å². The minimum absolute atomic E-state index is 0.0738. The number of hydrogen-bond donors (Lipinski definition) is 1. The molecule has 0 heterocycles. The Kier molecular flexibility index (Phi) is 7.66. The highest BCUT2D eigenvalue weighted by Crippen LogP contribution is 2.21. The standard InChI is InChI=1S/C20H22BrNO4/c1-3-15-7-4-6-14(2)20(15)22-18(23)13-26-19(24)10-11-25-17-9-5-8-16(21)12-17/h4-9,12H,3,10-11,13H2,1-2H3,(H,22,23). The average Bonchev–Trinajstić information content (AvgIpc) is 2.62. The molecule has 0 aliphatic rings. The molecule has 0 aromatic heterocycles. The Hall–Kier alpha value is -2.34. The normalized spacial score (nSPS) is 10.3. The van der Waals surface area contributed by atoms with Crippen molar-refractivity contribution in [1.82, 2.24) is 0 Å². The Morgan fingerprint density at radius 2 is 1.92 bits per heavy atom. The quantitative estimate of drug-likeness (QED) is 0.648. The third-order valence-corrected chi connectivity index (χ3v) is 4.23. The Labute approximate surface area is 161 Å². The van der Waals surface area contributed by atoms with Crippen molar-refractivity contribution in [3.8, 4) is 5.75 Å². The summed E-state index contributed by atoms with van der Waals surface area (Å²) in [5, 5.41) is 2.82. The second-order valence-corrected chi connectivity index (χ2v) is 6.64. The van der Waals surface area contributed by atoms with Crippen LogP contribution in [0.5, 0.6) is 5.75 Å². The number of nitrogens with one attached hydrogen (secondary N) is 1. The van der Waals surface area contributed by atoms with Crippen LogP contribution < -0.4 is 10.1 Å². The molecule has 0 spiro atoms. The van der Waals surface area contributed by atoms with Crippen LogP contribution in [0.2, 0.25) is 0 Å². The predicted molar refractivity (Wildman–Crippen MR) is 104 cm³/mol. The van der Waals surface area contributed by atoms with E-state index in [0.29, 0.717) is 5.75 Å². The molecule has 0 saturated heterocycles. The molecule has 5 nitrogen and oxygen atoms in total. The van der Waals surface area contributed by atoms with Gasteiger partial charge in [0.05, 0.1) is 13.0 Å². The lowest BCUT2D eigenvalue weighted by Crippen LogP contribution is -2.22. The van der Waals surface area contributed by atoms with Crippen LogP contribution in [0, 0.1) is 6.92 Å². The zero-order chi connectivity index (χ0) is 18.9. The first-order chi connectivity index (χ1) is 12.5. The van der Waals surface area contributed by atoms with E-state index in [9.17, 15) is 9.59 Å². The van der Waals surface area contributed by atoms with Gasteiger partial charge in [-0.1, -0.05) is 47.1 Å².